The third-order valence-corrected chi connectivity index (χ3v) is 4.98. The fraction of sp³-hybridized carbons (Fsp3) is 0.722. The molecule has 1 atom stereocenters. The quantitative estimate of drug-likeness (QED) is 0.231. The molecule has 0 spiro atoms. The first kappa shape index (κ1) is 22.6. The lowest BCUT2D eigenvalue weighted by Crippen LogP contribution is -2.38. The van der Waals surface area contributed by atoms with Crippen molar-refractivity contribution in [2.24, 2.45) is 4.99 Å². The van der Waals surface area contributed by atoms with Gasteiger partial charge in [0.25, 0.3) is 0 Å². The van der Waals surface area contributed by atoms with Gasteiger partial charge in [-0.15, -0.1) is 24.0 Å². The van der Waals surface area contributed by atoms with Crippen LogP contribution in [0.3, 0.4) is 0 Å². The Labute approximate surface area is 173 Å². The average molecular weight is 480 g/mol. The van der Waals surface area contributed by atoms with E-state index in [1.807, 2.05) is 17.8 Å². The van der Waals surface area contributed by atoms with Gasteiger partial charge < -0.3 is 15.1 Å². The molecule has 7 heteroatoms. The molecule has 0 amide bonds. The third kappa shape index (κ3) is 8.21. The standard InChI is InChI=1S/C18H32N4OS.HI/c1-3-19-18(20-10-4-7-14-24-2)21-15-16(17-9-8-13-23-17)22-11-5-6-12-22;/h8-9,13,16H,3-7,10-12,14-15H2,1-2H3,(H2,19,20,21);1H. The number of thioether (sulfide) groups is 1. The number of halogens is 1. The number of rotatable bonds is 10. The molecule has 2 N–H and O–H groups in total. The van der Waals surface area contributed by atoms with E-state index in [2.05, 4.69) is 34.8 Å². The maximum atomic E-state index is 5.67. The van der Waals surface area contributed by atoms with Gasteiger partial charge in [-0.25, -0.2) is 0 Å². The van der Waals surface area contributed by atoms with Gasteiger partial charge in [-0.2, -0.15) is 11.8 Å². The van der Waals surface area contributed by atoms with E-state index in [1.54, 1.807) is 6.26 Å². The average Bonchev–Trinajstić information content (AvgIpc) is 3.29. The van der Waals surface area contributed by atoms with Gasteiger partial charge in [-0.3, -0.25) is 9.89 Å². The second kappa shape index (κ2) is 13.7. The van der Waals surface area contributed by atoms with E-state index >= 15 is 0 Å². The number of hydrogen-bond acceptors (Lipinski definition) is 4. The van der Waals surface area contributed by atoms with Crippen molar-refractivity contribution in [3.8, 4) is 0 Å². The van der Waals surface area contributed by atoms with E-state index in [9.17, 15) is 0 Å². The maximum Gasteiger partial charge on any atom is 0.191 e. The summed E-state index contributed by atoms with van der Waals surface area (Å²) in [6.45, 7) is 6.97. The third-order valence-electron chi connectivity index (χ3n) is 4.29. The van der Waals surface area contributed by atoms with Gasteiger partial charge in [-0.05, 0) is 69.8 Å². The molecule has 0 aliphatic carbocycles. The zero-order chi connectivity index (χ0) is 17.0. The van der Waals surface area contributed by atoms with Crippen molar-refractivity contribution in [2.45, 2.75) is 38.6 Å². The number of nitrogens with zero attached hydrogens (tertiary/aromatic N) is 2. The molecule has 1 aliphatic heterocycles. The van der Waals surface area contributed by atoms with Crippen molar-refractivity contribution < 1.29 is 4.42 Å². The molecule has 0 saturated carbocycles. The molecule has 25 heavy (non-hydrogen) atoms. The van der Waals surface area contributed by atoms with Gasteiger partial charge in [0.05, 0.1) is 18.8 Å². The summed E-state index contributed by atoms with van der Waals surface area (Å²) in [4.78, 5) is 7.31. The lowest BCUT2D eigenvalue weighted by molar-refractivity contribution is 0.221. The van der Waals surface area contributed by atoms with E-state index in [4.69, 9.17) is 9.41 Å². The van der Waals surface area contributed by atoms with Crippen molar-refractivity contribution >= 4 is 41.7 Å². The molecule has 1 aromatic rings. The highest BCUT2D eigenvalue weighted by Gasteiger charge is 2.25. The van der Waals surface area contributed by atoms with Crippen molar-refractivity contribution in [1.82, 2.24) is 15.5 Å². The van der Waals surface area contributed by atoms with Crippen LogP contribution in [0, 0.1) is 0 Å². The van der Waals surface area contributed by atoms with Gasteiger partial charge in [0.2, 0.25) is 0 Å². The van der Waals surface area contributed by atoms with Crippen molar-refractivity contribution in [3.05, 3.63) is 24.2 Å². The monoisotopic (exact) mass is 480 g/mol. The second-order valence-electron chi connectivity index (χ2n) is 6.12. The van der Waals surface area contributed by atoms with Gasteiger partial charge >= 0.3 is 0 Å². The van der Waals surface area contributed by atoms with E-state index in [1.165, 1.54) is 31.4 Å². The largest absolute Gasteiger partial charge is 0.468 e. The van der Waals surface area contributed by atoms with Crippen molar-refractivity contribution in [2.75, 3.05) is 44.7 Å². The fourth-order valence-electron chi connectivity index (χ4n) is 3.02. The molecule has 1 aliphatic rings. The number of likely N-dealkylation sites (tertiary alicyclic amines) is 1. The van der Waals surface area contributed by atoms with E-state index < -0.39 is 0 Å². The van der Waals surface area contributed by atoms with Crippen LogP contribution in [0.2, 0.25) is 0 Å². The molecule has 144 valence electrons. The molecule has 0 bridgehead atoms. The highest BCUT2D eigenvalue weighted by Crippen LogP contribution is 2.25. The van der Waals surface area contributed by atoms with Crippen LogP contribution >= 0.6 is 35.7 Å². The SMILES string of the molecule is CCNC(=NCC(c1ccco1)N1CCCC1)NCCCCSC.I. The van der Waals surface area contributed by atoms with E-state index in [0.29, 0.717) is 0 Å². The van der Waals surface area contributed by atoms with E-state index in [-0.39, 0.29) is 30.0 Å². The summed E-state index contributed by atoms with van der Waals surface area (Å²) in [6.07, 6.45) is 8.89. The summed E-state index contributed by atoms with van der Waals surface area (Å²) in [5, 5.41) is 6.80. The minimum absolute atomic E-state index is 0. The minimum atomic E-state index is 0. The topological polar surface area (TPSA) is 52.8 Å². The highest BCUT2D eigenvalue weighted by atomic mass is 127. The summed E-state index contributed by atoms with van der Waals surface area (Å²) < 4.78 is 5.67. The van der Waals surface area contributed by atoms with Gasteiger partial charge in [0.1, 0.15) is 5.76 Å². The normalized spacial score (nSPS) is 16.5. The molecule has 1 saturated heterocycles. The fourth-order valence-corrected chi connectivity index (χ4v) is 3.51. The number of unbranched alkanes of at least 4 members (excludes halogenated alkanes) is 1. The molecule has 1 unspecified atom stereocenters. The smallest absolute Gasteiger partial charge is 0.191 e. The summed E-state index contributed by atoms with van der Waals surface area (Å²) in [7, 11) is 0. The Morgan fingerprint density at radius 2 is 2.12 bits per heavy atom. The predicted molar refractivity (Wildman–Crippen MR) is 119 cm³/mol. The van der Waals surface area contributed by atoms with Gasteiger partial charge in [0, 0.05) is 13.1 Å². The minimum Gasteiger partial charge on any atom is -0.468 e. The molecule has 1 aromatic heterocycles. The molecular weight excluding hydrogens is 447 g/mol. The number of furan rings is 1. The summed E-state index contributed by atoms with van der Waals surface area (Å²) in [5.41, 5.74) is 0. The summed E-state index contributed by atoms with van der Waals surface area (Å²) in [6, 6.07) is 4.29. The number of nitrogens with one attached hydrogen (secondary N) is 2. The van der Waals surface area contributed by atoms with Crippen LogP contribution in [0.5, 0.6) is 0 Å². The van der Waals surface area contributed by atoms with E-state index in [0.717, 1.165) is 44.4 Å². The first-order valence-electron chi connectivity index (χ1n) is 9.13. The van der Waals surface area contributed by atoms with Crippen molar-refractivity contribution in [3.63, 3.8) is 0 Å². The Morgan fingerprint density at radius 3 is 2.76 bits per heavy atom. The molecule has 0 radical (unpaired) electrons. The zero-order valence-corrected chi connectivity index (χ0v) is 18.6. The molecule has 1 fully saturated rings. The lowest BCUT2D eigenvalue weighted by atomic mass is 10.2. The Morgan fingerprint density at radius 1 is 1.32 bits per heavy atom. The lowest BCUT2D eigenvalue weighted by Gasteiger charge is -2.24. The van der Waals surface area contributed by atoms with Crippen LogP contribution in [0.25, 0.3) is 0 Å². The van der Waals surface area contributed by atoms with Crippen LogP contribution in [0.4, 0.5) is 0 Å². The van der Waals surface area contributed by atoms with Crippen LogP contribution < -0.4 is 10.6 Å². The van der Waals surface area contributed by atoms with Crippen molar-refractivity contribution in [1.29, 1.82) is 0 Å². The molecule has 5 nitrogen and oxygen atoms in total. The number of hydrogen-bond donors (Lipinski definition) is 2. The first-order chi connectivity index (χ1) is 11.8. The molecule has 2 rings (SSSR count). The zero-order valence-electron chi connectivity index (χ0n) is 15.5. The number of guanidine groups is 1. The van der Waals surface area contributed by atoms with Crippen LogP contribution in [-0.4, -0.2) is 55.6 Å². The second-order valence-corrected chi connectivity index (χ2v) is 7.11. The Hall–Kier alpha value is -0.410. The summed E-state index contributed by atoms with van der Waals surface area (Å²) >= 11 is 1.91. The maximum absolute atomic E-state index is 5.67. The Kier molecular flexibility index (Phi) is 12.4. The van der Waals surface area contributed by atoms with Crippen LogP contribution in [0.1, 0.15) is 44.4 Å². The molecular formula is C18H33IN4OS. The van der Waals surface area contributed by atoms with Gasteiger partial charge in [0.15, 0.2) is 5.96 Å². The molecule has 2 heterocycles. The molecule has 0 aromatic carbocycles. The predicted octanol–water partition coefficient (Wildman–Crippen LogP) is 3.73. The van der Waals surface area contributed by atoms with Gasteiger partial charge in [-0.1, -0.05) is 0 Å². The number of aliphatic imine (C=N–C) groups is 1. The van der Waals surface area contributed by atoms with Crippen LogP contribution in [0.15, 0.2) is 27.8 Å². The van der Waals surface area contributed by atoms with Crippen LogP contribution in [-0.2, 0) is 0 Å². The first-order valence-corrected chi connectivity index (χ1v) is 10.5. The Balaban J connectivity index is 0.00000312. The highest BCUT2D eigenvalue weighted by molar-refractivity contribution is 14.0. The Bertz CT molecular complexity index is 464. The summed E-state index contributed by atoms with van der Waals surface area (Å²) in [5.74, 6) is 3.17.